The van der Waals surface area contributed by atoms with Gasteiger partial charge in [0.15, 0.2) is 0 Å². The molecular weight excluding hydrogens is 316 g/mol. The van der Waals surface area contributed by atoms with E-state index in [-0.39, 0.29) is 36.1 Å². The highest BCUT2D eigenvalue weighted by molar-refractivity contribution is 5.89. The third kappa shape index (κ3) is 4.38. The summed E-state index contributed by atoms with van der Waals surface area (Å²) in [5.41, 5.74) is 4.96. The number of hydrogen-bond acceptors (Lipinski definition) is 4. The first-order valence-electron chi connectivity index (χ1n) is 8.66. The molecule has 6 heteroatoms. The molecule has 0 aromatic rings. The largest absolute Gasteiger partial charge is 0.467 e. The van der Waals surface area contributed by atoms with E-state index in [0.29, 0.717) is 25.3 Å². The average molecular weight is 347 g/mol. The molecule has 0 spiro atoms. The highest BCUT2D eigenvalue weighted by atomic mass is 35.5. The third-order valence-electron chi connectivity index (χ3n) is 5.77. The maximum absolute atomic E-state index is 12.7. The molecule has 1 amide bonds. The number of esters is 1. The van der Waals surface area contributed by atoms with Crippen molar-refractivity contribution in [3.8, 4) is 0 Å². The molecule has 0 heterocycles. The molecule has 2 atom stereocenters. The van der Waals surface area contributed by atoms with Crippen LogP contribution in [0.5, 0.6) is 0 Å². The van der Waals surface area contributed by atoms with Crippen molar-refractivity contribution in [3.05, 3.63) is 0 Å². The third-order valence-corrected chi connectivity index (χ3v) is 5.77. The Kier molecular flexibility index (Phi) is 7.81. The molecule has 0 aliphatic heterocycles. The summed E-state index contributed by atoms with van der Waals surface area (Å²) < 4.78 is 5.00. The summed E-state index contributed by atoms with van der Waals surface area (Å²) in [7, 11) is 1.40. The van der Waals surface area contributed by atoms with Gasteiger partial charge in [0.1, 0.15) is 5.54 Å². The number of ether oxygens (including phenoxy) is 1. The number of nitrogens with two attached hydrogens (primary N) is 1. The molecule has 23 heavy (non-hydrogen) atoms. The van der Waals surface area contributed by atoms with Crippen LogP contribution in [-0.2, 0) is 14.3 Å². The Morgan fingerprint density at radius 1 is 1.22 bits per heavy atom. The lowest BCUT2D eigenvalue weighted by Crippen LogP contribution is -2.58. The Hall–Kier alpha value is -0.810. The van der Waals surface area contributed by atoms with Crippen LogP contribution in [0, 0.1) is 17.8 Å². The summed E-state index contributed by atoms with van der Waals surface area (Å²) in [6.07, 6.45) is 7.37. The van der Waals surface area contributed by atoms with Crippen LogP contribution in [0.15, 0.2) is 0 Å². The number of carbonyl (C=O) groups is 2. The molecule has 0 saturated heterocycles. The number of methoxy groups -OCH3 is 1. The predicted octanol–water partition coefficient (Wildman–Crippen LogP) is 2.41. The van der Waals surface area contributed by atoms with Crippen LogP contribution in [0.4, 0.5) is 0 Å². The number of hydrogen-bond donors (Lipinski definition) is 2. The Bertz CT molecular complexity index is 409. The van der Waals surface area contributed by atoms with Crippen LogP contribution in [0.2, 0.25) is 0 Å². The zero-order valence-corrected chi connectivity index (χ0v) is 15.1. The SMILES string of the molecule is CCC1CCC(NC(=O)[C@@H]2CCC[C@@H]2CN)(C(=O)OC)CC1.Cl. The minimum absolute atomic E-state index is 0. The van der Waals surface area contributed by atoms with Crippen molar-refractivity contribution in [3.63, 3.8) is 0 Å². The minimum atomic E-state index is -0.820. The van der Waals surface area contributed by atoms with Crippen molar-refractivity contribution < 1.29 is 14.3 Å². The number of nitrogens with one attached hydrogen (secondary N) is 1. The highest BCUT2D eigenvalue weighted by Crippen LogP contribution is 2.36. The fourth-order valence-corrected chi connectivity index (χ4v) is 4.15. The lowest BCUT2D eigenvalue weighted by Gasteiger charge is -2.39. The molecule has 0 aromatic heterocycles. The molecule has 0 bridgehead atoms. The fraction of sp³-hybridized carbons (Fsp3) is 0.882. The maximum atomic E-state index is 12.7. The second kappa shape index (κ2) is 8.88. The molecule has 2 aliphatic rings. The predicted molar refractivity (Wildman–Crippen MR) is 92.3 cm³/mol. The van der Waals surface area contributed by atoms with Gasteiger partial charge in [-0.3, -0.25) is 4.79 Å². The van der Waals surface area contributed by atoms with Crippen LogP contribution < -0.4 is 11.1 Å². The molecule has 2 rings (SSSR count). The molecule has 2 fully saturated rings. The van der Waals surface area contributed by atoms with Crippen molar-refractivity contribution in [2.24, 2.45) is 23.5 Å². The van der Waals surface area contributed by atoms with Crippen molar-refractivity contribution in [1.29, 1.82) is 0 Å². The van der Waals surface area contributed by atoms with E-state index >= 15 is 0 Å². The van der Waals surface area contributed by atoms with E-state index in [1.54, 1.807) is 0 Å². The van der Waals surface area contributed by atoms with Gasteiger partial charge in [-0.1, -0.05) is 19.8 Å². The molecule has 0 unspecified atom stereocenters. The van der Waals surface area contributed by atoms with Gasteiger partial charge in [-0.2, -0.15) is 0 Å². The van der Waals surface area contributed by atoms with Crippen LogP contribution in [0.3, 0.4) is 0 Å². The van der Waals surface area contributed by atoms with E-state index in [2.05, 4.69) is 12.2 Å². The van der Waals surface area contributed by atoms with Crippen LogP contribution in [0.25, 0.3) is 0 Å². The second-order valence-corrected chi connectivity index (χ2v) is 6.95. The molecule has 134 valence electrons. The maximum Gasteiger partial charge on any atom is 0.331 e. The molecule has 2 aliphatic carbocycles. The monoisotopic (exact) mass is 346 g/mol. The topological polar surface area (TPSA) is 81.4 Å². The van der Waals surface area contributed by atoms with Crippen molar-refractivity contribution in [2.75, 3.05) is 13.7 Å². The van der Waals surface area contributed by atoms with Gasteiger partial charge >= 0.3 is 5.97 Å². The van der Waals surface area contributed by atoms with Crippen molar-refractivity contribution >= 4 is 24.3 Å². The van der Waals surface area contributed by atoms with E-state index in [9.17, 15) is 9.59 Å². The van der Waals surface area contributed by atoms with Gasteiger partial charge in [0.2, 0.25) is 5.91 Å². The molecule has 3 N–H and O–H groups in total. The molecular formula is C17H31ClN2O3. The van der Waals surface area contributed by atoms with Crippen molar-refractivity contribution in [2.45, 2.75) is 63.8 Å². The molecule has 0 radical (unpaired) electrons. The van der Waals surface area contributed by atoms with Crippen LogP contribution >= 0.6 is 12.4 Å². The van der Waals surface area contributed by atoms with Gasteiger partial charge in [-0.05, 0) is 56.9 Å². The summed E-state index contributed by atoms with van der Waals surface area (Å²) in [4.78, 5) is 25.0. The van der Waals surface area contributed by atoms with E-state index in [1.165, 1.54) is 7.11 Å². The summed E-state index contributed by atoms with van der Waals surface area (Å²) in [5.74, 6) is 0.557. The Morgan fingerprint density at radius 3 is 2.39 bits per heavy atom. The van der Waals surface area contributed by atoms with Gasteiger partial charge in [0.25, 0.3) is 0 Å². The first-order valence-corrected chi connectivity index (χ1v) is 8.66. The normalized spacial score (nSPS) is 33.6. The molecule has 2 saturated carbocycles. The number of rotatable bonds is 5. The van der Waals surface area contributed by atoms with Crippen LogP contribution in [0.1, 0.15) is 58.3 Å². The molecule has 5 nitrogen and oxygen atoms in total. The first kappa shape index (κ1) is 20.2. The summed E-state index contributed by atoms with van der Waals surface area (Å²) in [6.45, 7) is 2.72. The first-order chi connectivity index (χ1) is 10.6. The lowest BCUT2D eigenvalue weighted by atomic mass is 9.75. The number of halogens is 1. The number of amides is 1. The van der Waals surface area contributed by atoms with Crippen LogP contribution in [-0.4, -0.2) is 31.1 Å². The lowest BCUT2D eigenvalue weighted by molar-refractivity contribution is -0.154. The van der Waals surface area contributed by atoms with Gasteiger partial charge in [-0.15, -0.1) is 12.4 Å². The van der Waals surface area contributed by atoms with E-state index in [4.69, 9.17) is 10.5 Å². The average Bonchev–Trinajstić information content (AvgIpc) is 3.03. The Morgan fingerprint density at radius 2 is 1.87 bits per heavy atom. The quantitative estimate of drug-likeness (QED) is 0.749. The van der Waals surface area contributed by atoms with Gasteiger partial charge in [0, 0.05) is 5.92 Å². The standard InChI is InChI=1S/C17H30N2O3.ClH/c1-3-12-7-9-17(10-8-12,16(21)22-2)19-15(20)14-6-4-5-13(14)11-18;/h12-14H,3-11,18H2,1-2H3,(H,19,20);1H/t12?,13-,14-,17?;/m1./s1. The van der Waals surface area contributed by atoms with E-state index in [0.717, 1.165) is 38.5 Å². The molecule has 0 aromatic carbocycles. The van der Waals surface area contributed by atoms with Crippen molar-refractivity contribution in [1.82, 2.24) is 5.32 Å². The Balaban J connectivity index is 0.00000264. The van der Waals surface area contributed by atoms with Gasteiger partial charge in [-0.25, -0.2) is 4.79 Å². The Labute approximate surface area is 145 Å². The zero-order valence-electron chi connectivity index (χ0n) is 14.3. The smallest absolute Gasteiger partial charge is 0.331 e. The van der Waals surface area contributed by atoms with E-state index in [1.807, 2.05) is 0 Å². The van der Waals surface area contributed by atoms with Gasteiger partial charge in [0.05, 0.1) is 7.11 Å². The minimum Gasteiger partial charge on any atom is -0.467 e. The fourth-order valence-electron chi connectivity index (χ4n) is 4.15. The van der Waals surface area contributed by atoms with Gasteiger partial charge < -0.3 is 15.8 Å². The second-order valence-electron chi connectivity index (χ2n) is 6.95. The zero-order chi connectivity index (χ0) is 16.2. The highest BCUT2D eigenvalue weighted by Gasteiger charge is 2.45. The van der Waals surface area contributed by atoms with E-state index < -0.39 is 5.54 Å². The summed E-state index contributed by atoms with van der Waals surface area (Å²) >= 11 is 0. The number of carbonyl (C=O) groups excluding carboxylic acids is 2. The summed E-state index contributed by atoms with van der Waals surface area (Å²) in [6, 6.07) is 0. The summed E-state index contributed by atoms with van der Waals surface area (Å²) in [5, 5.41) is 3.06.